The number of rotatable bonds is 2. The summed E-state index contributed by atoms with van der Waals surface area (Å²) in [6.07, 6.45) is 8.00. The molecule has 0 spiro atoms. The molecule has 22 heavy (non-hydrogen) atoms. The van der Waals surface area contributed by atoms with Gasteiger partial charge in [0.05, 0.1) is 0 Å². The van der Waals surface area contributed by atoms with E-state index in [1.165, 1.54) is 27.1 Å². The molecule has 0 saturated carbocycles. The van der Waals surface area contributed by atoms with E-state index in [9.17, 15) is 0 Å². The zero-order chi connectivity index (χ0) is 14.8. The highest BCUT2D eigenvalue weighted by Gasteiger charge is 2.04. The summed E-state index contributed by atoms with van der Waals surface area (Å²) in [6.45, 7) is 0. The van der Waals surface area contributed by atoms with Gasteiger partial charge in [-0.15, -0.1) is 0 Å². The number of fused-ring (bicyclic) bond motifs is 2. The summed E-state index contributed by atoms with van der Waals surface area (Å²) in [6, 6.07) is 23.4. The third kappa shape index (κ3) is 2.27. The summed E-state index contributed by atoms with van der Waals surface area (Å²) in [4.78, 5) is 4.17. The Morgan fingerprint density at radius 3 is 2.00 bits per heavy atom. The molecule has 0 atom stereocenters. The van der Waals surface area contributed by atoms with Crippen molar-refractivity contribution in [1.29, 1.82) is 0 Å². The standard InChI is InChI=1S/C21H15N/c1-3-9-19-17(7-1)14-18-8-2-4-10-20(18)21(19)12-11-16-6-5-13-22-15-16/h1-15H/b12-11-. The molecule has 1 heterocycles. The van der Waals surface area contributed by atoms with Crippen LogP contribution in [0, 0.1) is 0 Å². The van der Waals surface area contributed by atoms with E-state index >= 15 is 0 Å². The predicted molar refractivity (Wildman–Crippen MR) is 94.6 cm³/mol. The molecule has 0 radical (unpaired) electrons. The number of pyridine rings is 1. The van der Waals surface area contributed by atoms with Crippen LogP contribution in [-0.2, 0) is 0 Å². The lowest BCUT2D eigenvalue weighted by molar-refractivity contribution is 1.32. The van der Waals surface area contributed by atoms with Crippen LogP contribution in [0.2, 0.25) is 0 Å². The molecular weight excluding hydrogens is 266 g/mol. The third-order valence-electron chi connectivity index (χ3n) is 3.94. The summed E-state index contributed by atoms with van der Waals surface area (Å²) in [5.74, 6) is 0. The average molecular weight is 281 g/mol. The van der Waals surface area contributed by atoms with Crippen LogP contribution in [0.4, 0.5) is 0 Å². The van der Waals surface area contributed by atoms with Gasteiger partial charge in [-0.05, 0) is 44.8 Å². The van der Waals surface area contributed by atoms with Crippen molar-refractivity contribution >= 4 is 33.7 Å². The quantitative estimate of drug-likeness (QED) is 0.438. The van der Waals surface area contributed by atoms with E-state index in [0.29, 0.717) is 0 Å². The molecule has 0 fully saturated rings. The second kappa shape index (κ2) is 5.45. The molecule has 0 unspecified atom stereocenters. The first-order chi connectivity index (χ1) is 10.9. The van der Waals surface area contributed by atoms with Crippen LogP contribution in [0.25, 0.3) is 33.7 Å². The molecule has 1 aromatic heterocycles. The van der Waals surface area contributed by atoms with Crippen molar-refractivity contribution in [3.63, 3.8) is 0 Å². The number of hydrogen-bond acceptors (Lipinski definition) is 1. The van der Waals surface area contributed by atoms with Crippen molar-refractivity contribution in [1.82, 2.24) is 4.98 Å². The molecule has 4 rings (SSSR count). The number of nitrogens with zero attached hydrogens (tertiary/aromatic N) is 1. The maximum absolute atomic E-state index is 4.17. The van der Waals surface area contributed by atoms with Gasteiger partial charge in [0, 0.05) is 12.4 Å². The maximum Gasteiger partial charge on any atom is 0.0340 e. The van der Waals surface area contributed by atoms with Crippen molar-refractivity contribution in [3.05, 3.63) is 90.3 Å². The summed E-state index contributed by atoms with van der Waals surface area (Å²) in [5.41, 5.74) is 2.37. The van der Waals surface area contributed by atoms with Gasteiger partial charge in [-0.1, -0.05) is 66.7 Å². The van der Waals surface area contributed by atoms with E-state index in [1.54, 1.807) is 6.20 Å². The second-order valence-corrected chi connectivity index (χ2v) is 5.35. The molecular formula is C21H15N. The fourth-order valence-electron chi connectivity index (χ4n) is 2.88. The Balaban J connectivity index is 1.98. The first-order valence-electron chi connectivity index (χ1n) is 7.40. The lowest BCUT2D eigenvalue weighted by Crippen LogP contribution is -1.83. The minimum atomic E-state index is 1.11. The van der Waals surface area contributed by atoms with Crippen molar-refractivity contribution in [2.45, 2.75) is 0 Å². The van der Waals surface area contributed by atoms with Crippen molar-refractivity contribution in [3.8, 4) is 0 Å². The van der Waals surface area contributed by atoms with Gasteiger partial charge in [-0.2, -0.15) is 0 Å². The van der Waals surface area contributed by atoms with Gasteiger partial charge in [0.25, 0.3) is 0 Å². The SMILES string of the molecule is C(=C/c1c2ccccc2cc2ccccc12)/c1cccnc1. The lowest BCUT2D eigenvalue weighted by atomic mass is 9.96. The molecule has 0 aliphatic carbocycles. The van der Waals surface area contributed by atoms with Crippen molar-refractivity contribution in [2.24, 2.45) is 0 Å². The Morgan fingerprint density at radius 2 is 1.36 bits per heavy atom. The highest BCUT2D eigenvalue weighted by Crippen LogP contribution is 2.29. The van der Waals surface area contributed by atoms with Crippen molar-refractivity contribution in [2.75, 3.05) is 0 Å². The van der Waals surface area contributed by atoms with E-state index in [0.717, 1.165) is 5.56 Å². The molecule has 0 N–H and O–H groups in total. The molecule has 104 valence electrons. The van der Waals surface area contributed by atoms with E-state index in [-0.39, 0.29) is 0 Å². The van der Waals surface area contributed by atoms with E-state index in [1.807, 2.05) is 12.3 Å². The Labute approximate surface area is 129 Å². The highest BCUT2D eigenvalue weighted by atomic mass is 14.6. The van der Waals surface area contributed by atoms with E-state index in [4.69, 9.17) is 0 Å². The second-order valence-electron chi connectivity index (χ2n) is 5.35. The molecule has 1 heteroatoms. The summed E-state index contributed by atoms with van der Waals surface area (Å²) in [5, 5.41) is 5.10. The molecule has 0 aliphatic heterocycles. The van der Waals surface area contributed by atoms with Gasteiger partial charge < -0.3 is 0 Å². The Kier molecular flexibility index (Phi) is 3.17. The van der Waals surface area contributed by atoms with Crippen LogP contribution in [0.1, 0.15) is 11.1 Å². The largest absolute Gasteiger partial charge is 0.264 e. The van der Waals surface area contributed by atoms with Crippen molar-refractivity contribution < 1.29 is 0 Å². The number of benzene rings is 3. The van der Waals surface area contributed by atoms with Crippen LogP contribution < -0.4 is 0 Å². The van der Waals surface area contributed by atoms with E-state index < -0.39 is 0 Å². The maximum atomic E-state index is 4.17. The van der Waals surface area contributed by atoms with Gasteiger partial charge in [-0.25, -0.2) is 0 Å². The fraction of sp³-hybridized carbons (Fsp3) is 0. The van der Waals surface area contributed by atoms with Crippen LogP contribution in [0.3, 0.4) is 0 Å². The monoisotopic (exact) mass is 281 g/mol. The molecule has 0 bridgehead atoms. The average Bonchev–Trinajstić information content (AvgIpc) is 2.59. The first kappa shape index (κ1) is 12.8. The van der Waals surface area contributed by atoms with Gasteiger partial charge in [-0.3, -0.25) is 4.98 Å². The number of hydrogen-bond donors (Lipinski definition) is 0. The van der Waals surface area contributed by atoms with Gasteiger partial charge in [0.15, 0.2) is 0 Å². The fourth-order valence-corrected chi connectivity index (χ4v) is 2.88. The van der Waals surface area contributed by atoms with Crippen LogP contribution in [0.15, 0.2) is 79.1 Å². The minimum Gasteiger partial charge on any atom is -0.264 e. The van der Waals surface area contributed by atoms with Gasteiger partial charge in [0.1, 0.15) is 0 Å². The normalized spacial score (nSPS) is 11.5. The Morgan fingerprint density at radius 1 is 0.682 bits per heavy atom. The Bertz CT molecular complexity index is 915. The smallest absolute Gasteiger partial charge is 0.0340 e. The van der Waals surface area contributed by atoms with Crippen LogP contribution >= 0.6 is 0 Å². The summed E-state index contributed by atoms with van der Waals surface area (Å²) in [7, 11) is 0. The van der Waals surface area contributed by atoms with Gasteiger partial charge in [0.2, 0.25) is 0 Å². The minimum absolute atomic E-state index is 1.11. The zero-order valence-corrected chi connectivity index (χ0v) is 12.1. The number of aromatic nitrogens is 1. The highest BCUT2D eigenvalue weighted by molar-refractivity contribution is 6.07. The van der Waals surface area contributed by atoms with E-state index in [2.05, 4.69) is 77.8 Å². The molecule has 3 aromatic carbocycles. The van der Waals surface area contributed by atoms with Gasteiger partial charge >= 0.3 is 0 Å². The topological polar surface area (TPSA) is 12.9 Å². The van der Waals surface area contributed by atoms with Crippen LogP contribution in [0.5, 0.6) is 0 Å². The summed E-state index contributed by atoms with van der Waals surface area (Å²) >= 11 is 0. The molecule has 1 nitrogen and oxygen atoms in total. The first-order valence-corrected chi connectivity index (χ1v) is 7.40. The lowest BCUT2D eigenvalue weighted by Gasteiger charge is -2.08. The Hall–Kier alpha value is -2.93. The third-order valence-corrected chi connectivity index (χ3v) is 3.94. The molecule has 0 saturated heterocycles. The zero-order valence-electron chi connectivity index (χ0n) is 12.1. The summed E-state index contributed by atoms with van der Waals surface area (Å²) < 4.78 is 0. The van der Waals surface area contributed by atoms with Crippen LogP contribution in [-0.4, -0.2) is 4.98 Å². The molecule has 0 aliphatic rings. The molecule has 0 amide bonds. The molecule has 4 aromatic rings. The predicted octanol–water partition coefficient (Wildman–Crippen LogP) is 5.56.